The van der Waals surface area contributed by atoms with Crippen LogP contribution >= 0.6 is 0 Å². The molecule has 0 amide bonds. The maximum absolute atomic E-state index is 9.32. The summed E-state index contributed by atoms with van der Waals surface area (Å²) in [5.41, 5.74) is 6.71. The second-order valence-corrected chi connectivity index (χ2v) is 4.45. The highest BCUT2D eigenvalue weighted by Gasteiger charge is 2.21. The normalized spacial score (nSPS) is 16.1. The summed E-state index contributed by atoms with van der Waals surface area (Å²) < 4.78 is 0. The maximum Gasteiger partial charge on any atom is 0.490 e. The van der Waals surface area contributed by atoms with Crippen molar-refractivity contribution in [1.82, 2.24) is 0 Å². The van der Waals surface area contributed by atoms with Gasteiger partial charge in [0.25, 0.3) is 0 Å². The smallest absolute Gasteiger partial charge is 0.423 e. The Labute approximate surface area is 121 Å². The molecule has 0 fully saturated rings. The third kappa shape index (κ3) is 3.47. The van der Waals surface area contributed by atoms with Crippen molar-refractivity contribution in [2.45, 2.75) is 0 Å². The van der Waals surface area contributed by atoms with Gasteiger partial charge in [0.05, 0.1) is 17.1 Å². The molecule has 106 valence electrons. The van der Waals surface area contributed by atoms with Crippen LogP contribution in [0.5, 0.6) is 0 Å². The monoisotopic (exact) mass is 285 g/mol. The van der Waals surface area contributed by atoms with Gasteiger partial charge in [-0.1, -0.05) is 0 Å². The second kappa shape index (κ2) is 6.06. The van der Waals surface area contributed by atoms with Gasteiger partial charge in [-0.2, -0.15) is 0 Å². The molecular formula is C12H13B2N3O4. The summed E-state index contributed by atoms with van der Waals surface area (Å²) >= 11 is 0. The van der Waals surface area contributed by atoms with E-state index < -0.39 is 14.2 Å². The summed E-state index contributed by atoms with van der Waals surface area (Å²) in [4.78, 5) is 4.21. The molecule has 1 aromatic rings. The van der Waals surface area contributed by atoms with E-state index in [0.29, 0.717) is 11.4 Å². The van der Waals surface area contributed by atoms with Crippen molar-refractivity contribution in [1.29, 1.82) is 5.41 Å². The minimum absolute atomic E-state index is 0.0118. The molecule has 21 heavy (non-hydrogen) atoms. The van der Waals surface area contributed by atoms with Crippen molar-refractivity contribution in [3.05, 3.63) is 41.9 Å². The fourth-order valence-corrected chi connectivity index (χ4v) is 1.85. The maximum atomic E-state index is 9.32. The third-order valence-corrected chi connectivity index (χ3v) is 2.89. The molecule has 9 heteroatoms. The zero-order valence-corrected chi connectivity index (χ0v) is 10.9. The molecular weight excluding hydrogens is 272 g/mol. The number of hydrogen-bond acceptors (Lipinski definition) is 7. The van der Waals surface area contributed by atoms with Crippen LogP contribution in [0.15, 0.2) is 46.9 Å². The van der Waals surface area contributed by atoms with Gasteiger partial charge in [-0.15, -0.1) is 0 Å². The standard InChI is InChI=1S/C12H13B2N3O4/c15-7-1-4-12(10(5-7)14(20)21)17-8-2-3-11(16)9(6-8)13(18)19/h1-6,16,18-21H,15H2. The van der Waals surface area contributed by atoms with Crippen LogP contribution in [0.25, 0.3) is 0 Å². The first-order chi connectivity index (χ1) is 9.88. The van der Waals surface area contributed by atoms with Gasteiger partial charge in [0, 0.05) is 16.6 Å². The summed E-state index contributed by atoms with van der Waals surface area (Å²) in [6.07, 6.45) is 4.23. The predicted octanol–water partition coefficient (Wildman–Crippen LogP) is -1.45. The molecule has 0 unspecified atom stereocenters. The van der Waals surface area contributed by atoms with E-state index >= 15 is 0 Å². The van der Waals surface area contributed by atoms with E-state index in [9.17, 15) is 20.1 Å². The quantitative estimate of drug-likeness (QED) is 0.229. The van der Waals surface area contributed by atoms with E-state index in [2.05, 4.69) is 4.99 Å². The highest BCUT2D eigenvalue weighted by molar-refractivity contribution is 6.62. The van der Waals surface area contributed by atoms with Crippen molar-refractivity contribution >= 4 is 42.5 Å². The number of anilines is 1. The van der Waals surface area contributed by atoms with Crippen LogP contribution in [0, 0.1) is 5.41 Å². The topological polar surface area (TPSA) is 143 Å². The number of benzene rings is 1. The van der Waals surface area contributed by atoms with Crippen LogP contribution in [-0.4, -0.2) is 45.8 Å². The van der Waals surface area contributed by atoms with Gasteiger partial charge in [-0.25, -0.2) is 4.99 Å². The molecule has 0 heterocycles. The van der Waals surface area contributed by atoms with E-state index in [1.807, 2.05) is 0 Å². The van der Waals surface area contributed by atoms with E-state index in [1.165, 1.54) is 30.4 Å². The zero-order valence-electron chi connectivity index (χ0n) is 10.9. The first-order valence-electron chi connectivity index (χ1n) is 6.07. The van der Waals surface area contributed by atoms with Crippen LogP contribution in [-0.2, 0) is 0 Å². The van der Waals surface area contributed by atoms with Gasteiger partial charge in [0.1, 0.15) is 0 Å². The minimum Gasteiger partial charge on any atom is -0.423 e. The molecule has 0 spiro atoms. The number of hydrogen-bond donors (Lipinski definition) is 6. The van der Waals surface area contributed by atoms with Gasteiger partial charge in [-0.3, -0.25) is 0 Å². The highest BCUT2D eigenvalue weighted by Crippen LogP contribution is 2.16. The van der Waals surface area contributed by atoms with Crippen molar-refractivity contribution in [2.75, 3.05) is 5.73 Å². The number of rotatable bonds is 3. The molecule has 7 N–H and O–H groups in total. The molecule has 0 atom stereocenters. The number of allylic oxidation sites excluding steroid dienone is 4. The third-order valence-electron chi connectivity index (χ3n) is 2.89. The number of nitrogens with two attached hydrogens (primary N) is 1. The SMILES string of the molecule is N=C1C=CC(=Nc2ccc(N)cc2B(O)O)C=C1B(O)O. The number of nitrogen functional groups attached to an aromatic ring is 1. The van der Waals surface area contributed by atoms with Gasteiger partial charge in [0.15, 0.2) is 0 Å². The lowest BCUT2D eigenvalue weighted by atomic mass is 9.74. The largest absolute Gasteiger partial charge is 0.490 e. The second-order valence-electron chi connectivity index (χ2n) is 4.45. The Morgan fingerprint density at radius 2 is 1.76 bits per heavy atom. The first kappa shape index (κ1) is 15.2. The van der Waals surface area contributed by atoms with E-state index in [1.54, 1.807) is 6.07 Å². The average Bonchev–Trinajstić information content (AvgIpc) is 2.42. The van der Waals surface area contributed by atoms with E-state index in [-0.39, 0.29) is 22.3 Å². The number of nitrogens with one attached hydrogen (secondary N) is 1. The summed E-state index contributed by atoms with van der Waals surface area (Å²) in [6, 6.07) is 4.48. The number of nitrogens with zero attached hydrogens (tertiary/aromatic N) is 1. The van der Waals surface area contributed by atoms with Crippen LogP contribution in [0.3, 0.4) is 0 Å². The summed E-state index contributed by atoms with van der Waals surface area (Å²) in [5, 5.41) is 44.5. The molecule has 1 aromatic carbocycles. The first-order valence-corrected chi connectivity index (χ1v) is 6.07. The van der Waals surface area contributed by atoms with Crippen LogP contribution in [0.2, 0.25) is 0 Å². The molecule has 2 rings (SSSR count). The van der Waals surface area contributed by atoms with Crippen molar-refractivity contribution in [3.63, 3.8) is 0 Å². The average molecular weight is 285 g/mol. The Morgan fingerprint density at radius 1 is 1.05 bits per heavy atom. The molecule has 7 nitrogen and oxygen atoms in total. The Kier molecular flexibility index (Phi) is 4.39. The number of aliphatic imine (C=N–C) groups is 1. The molecule has 0 radical (unpaired) electrons. The Morgan fingerprint density at radius 3 is 2.38 bits per heavy atom. The van der Waals surface area contributed by atoms with Gasteiger partial charge < -0.3 is 31.2 Å². The zero-order chi connectivity index (χ0) is 15.6. The molecule has 1 aliphatic carbocycles. The van der Waals surface area contributed by atoms with Crippen LogP contribution in [0.4, 0.5) is 11.4 Å². The minimum atomic E-state index is -1.78. The molecule has 0 bridgehead atoms. The fraction of sp³-hybridized carbons (Fsp3) is 0. The van der Waals surface area contributed by atoms with Crippen LogP contribution < -0.4 is 11.2 Å². The Hall–Kier alpha value is -2.19. The Bertz CT molecular complexity index is 668. The lowest BCUT2D eigenvalue weighted by molar-refractivity contribution is 0.421. The predicted molar refractivity (Wildman–Crippen MR) is 82.9 cm³/mol. The fourth-order valence-electron chi connectivity index (χ4n) is 1.85. The van der Waals surface area contributed by atoms with Gasteiger partial charge in [0.2, 0.25) is 0 Å². The molecule has 0 aromatic heterocycles. The van der Waals surface area contributed by atoms with Gasteiger partial charge in [-0.05, 0) is 36.4 Å². The Balaban J connectivity index is 2.45. The molecule has 1 aliphatic rings. The molecule has 0 saturated heterocycles. The van der Waals surface area contributed by atoms with Gasteiger partial charge >= 0.3 is 14.2 Å². The summed E-state index contributed by atoms with van der Waals surface area (Å²) in [7, 11) is -3.51. The lowest BCUT2D eigenvalue weighted by Crippen LogP contribution is -2.30. The molecule has 0 aliphatic heterocycles. The van der Waals surface area contributed by atoms with Crippen molar-refractivity contribution in [2.24, 2.45) is 4.99 Å². The van der Waals surface area contributed by atoms with E-state index in [4.69, 9.17) is 11.1 Å². The van der Waals surface area contributed by atoms with Crippen LogP contribution in [0.1, 0.15) is 0 Å². The van der Waals surface area contributed by atoms with Crippen molar-refractivity contribution in [3.8, 4) is 0 Å². The molecule has 0 saturated carbocycles. The van der Waals surface area contributed by atoms with E-state index in [0.717, 1.165) is 0 Å². The lowest BCUT2D eigenvalue weighted by Gasteiger charge is -2.11. The highest BCUT2D eigenvalue weighted by atomic mass is 16.4. The summed E-state index contributed by atoms with van der Waals surface area (Å²) in [6.45, 7) is 0. The van der Waals surface area contributed by atoms with Crippen molar-refractivity contribution < 1.29 is 20.1 Å². The summed E-state index contributed by atoms with van der Waals surface area (Å²) in [5.74, 6) is 0.